The van der Waals surface area contributed by atoms with Crippen LogP contribution in [0.3, 0.4) is 0 Å². The summed E-state index contributed by atoms with van der Waals surface area (Å²) in [5, 5.41) is 0. The molecule has 1 aliphatic heterocycles. The smallest absolute Gasteiger partial charge is 0.265 e. The van der Waals surface area contributed by atoms with E-state index < -0.39 is 0 Å². The van der Waals surface area contributed by atoms with E-state index in [1.165, 1.54) is 24.2 Å². The summed E-state index contributed by atoms with van der Waals surface area (Å²) in [6, 6.07) is 0. The standard InChI is InChI=1S/C13H21N3OS/c1-15(2)7-5-11-4-3-6-16(9-11)13(17)12-8-14-10-18-12/h8,10-11H,3-7,9H2,1-2H3. The van der Waals surface area contributed by atoms with E-state index in [-0.39, 0.29) is 5.91 Å². The summed E-state index contributed by atoms with van der Waals surface area (Å²) in [6.07, 6.45) is 5.23. The molecule has 0 N–H and O–H groups in total. The molecule has 1 unspecified atom stereocenters. The topological polar surface area (TPSA) is 36.4 Å². The van der Waals surface area contributed by atoms with Crippen LogP contribution in [0.5, 0.6) is 0 Å². The maximum atomic E-state index is 12.2. The van der Waals surface area contributed by atoms with Crippen LogP contribution in [0.25, 0.3) is 0 Å². The zero-order valence-electron chi connectivity index (χ0n) is 11.1. The van der Waals surface area contributed by atoms with Crippen molar-refractivity contribution in [2.24, 2.45) is 5.92 Å². The summed E-state index contributed by atoms with van der Waals surface area (Å²) in [6.45, 7) is 2.91. The minimum Gasteiger partial charge on any atom is -0.338 e. The van der Waals surface area contributed by atoms with Gasteiger partial charge in [-0.15, -0.1) is 11.3 Å². The third-order valence-corrected chi connectivity index (χ3v) is 4.19. The minimum absolute atomic E-state index is 0.159. The van der Waals surface area contributed by atoms with Crippen LogP contribution in [0, 0.1) is 5.92 Å². The number of piperidine rings is 1. The van der Waals surface area contributed by atoms with Crippen molar-refractivity contribution in [3.05, 3.63) is 16.6 Å². The molecule has 1 amide bonds. The van der Waals surface area contributed by atoms with Gasteiger partial charge in [0.05, 0.1) is 11.7 Å². The summed E-state index contributed by atoms with van der Waals surface area (Å²) in [7, 11) is 4.20. The molecule has 1 aromatic rings. The van der Waals surface area contributed by atoms with Gasteiger partial charge in [-0.1, -0.05) is 0 Å². The molecule has 0 spiro atoms. The molecule has 1 fully saturated rings. The lowest BCUT2D eigenvalue weighted by atomic mass is 9.94. The SMILES string of the molecule is CN(C)CCC1CCCN(C(=O)c2cncs2)C1. The van der Waals surface area contributed by atoms with Gasteiger partial charge in [0.1, 0.15) is 4.88 Å². The average Bonchev–Trinajstić information content (AvgIpc) is 2.89. The van der Waals surface area contributed by atoms with Gasteiger partial charge in [0, 0.05) is 13.1 Å². The molecule has 4 nitrogen and oxygen atoms in total. The third-order valence-electron chi connectivity index (χ3n) is 3.43. The zero-order valence-corrected chi connectivity index (χ0v) is 11.9. The first-order valence-corrected chi connectivity index (χ1v) is 7.37. The molecule has 100 valence electrons. The Kier molecular flexibility index (Phi) is 4.72. The van der Waals surface area contributed by atoms with E-state index in [1.807, 2.05) is 4.90 Å². The van der Waals surface area contributed by atoms with Crippen LogP contribution in [-0.4, -0.2) is 54.4 Å². The summed E-state index contributed by atoms with van der Waals surface area (Å²) in [5.74, 6) is 0.810. The van der Waals surface area contributed by atoms with Gasteiger partial charge in [-0.2, -0.15) is 0 Å². The predicted molar refractivity (Wildman–Crippen MR) is 73.9 cm³/mol. The van der Waals surface area contributed by atoms with E-state index in [9.17, 15) is 4.79 Å². The van der Waals surface area contributed by atoms with Gasteiger partial charge in [0.2, 0.25) is 0 Å². The van der Waals surface area contributed by atoms with E-state index in [0.717, 1.165) is 30.9 Å². The first-order chi connectivity index (χ1) is 8.66. The number of hydrogen-bond donors (Lipinski definition) is 0. The molecule has 0 bridgehead atoms. The van der Waals surface area contributed by atoms with Gasteiger partial charge in [0.25, 0.3) is 5.91 Å². The van der Waals surface area contributed by atoms with Gasteiger partial charge < -0.3 is 9.80 Å². The highest BCUT2D eigenvalue weighted by atomic mass is 32.1. The molecular formula is C13H21N3OS. The highest BCUT2D eigenvalue weighted by Gasteiger charge is 2.24. The fraction of sp³-hybridized carbons (Fsp3) is 0.692. The summed E-state index contributed by atoms with van der Waals surface area (Å²) < 4.78 is 0. The van der Waals surface area contributed by atoms with E-state index >= 15 is 0 Å². The molecule has 5 heteroatoms. The Morgan fingerprint density at radius 1 is 1.61 bits per heavy atom. The lowest BCUT2D eigenvalue weighted by molar-refractivity contribution is 0.0668. The van der Waals surface area contributed by atoms with E-state index in [0.29, 0.717) is 5.92 Å². The second-order valence-electron chi connectivity index (χ2n) is 5.22. The molecule has 0 saturated carbocycles. The number of carbonyl (C=O) groups excluding carboxylic acids is 1. The van der Waals surface area contributed by atoms with Crippen molar-refractivity contribution in [1.82, 2.24) is 14.8 Å². The molecule has 2 rings (SSSR count). The van der Waals surface area contributed by atoms with Crippen LogP contribution in [0.4, 0.5) is 0 Å². The minimum atomic E-state index is 0.159. The van der Waals surface area contributed by atoms with Crippen LogP contribution in [0.2, 0.25) is 0 Å². The number of amides is 1. The Morgan fingerprint density at radius 3 is 3.11 bits per heavy atom. The summed E-state index contributed by atoms with van der Waals surface area (Å²) in [5.41, 5.74) is 1.72. The number of carbonyl (C=O) groups is 1. The van der Waals surface area contributed by atoms with Crippen molar-refractivity contribution in [3.63, 3.8) is 0 Å². The van der Waals surface area contributed by atoms with Gasteiger partial charge in [-0.05, 0) is 45.8 Å². The lowest BCUT2D eigenvalue weighted by Crippen LogP contribution is -2.40. The van der Waals surface area contributed by atoms with E-state index in [1.54, 1.807) is 11.7 Å². The van der Waals surface area contributed by atoms with Crippen molar-refractivity contribution >= 4 is 17.2 Å². The Morgan fingerprint density at radius 2 is 2.44 bits per heavy atom. The number of thiazole rings is 1. The fourth-order valence-corrected chi connectivity index (χ4v) is 2.99. The molecule has 1 aromatic heterocycles. The highest BCUT2D eigenvalue weighted by molar-refractivity contribution is 7.11. The van der Waals surface area contributed by atoms with Crippen LogP contribution < -0.4 is 0 Å². The van der Waals surface area contributed by atoms with Crippen LogP contribution in [0.1, 0.15) is 28.9 Å². The van der Waals surface area contributed by atoms with Crippen molar-refractivity contribution in [2.45, 2.75) is 19.3 Å². The molecule has 2 heterocycles. The van der Waals surface area contributed by atoms with Crippen LogP contribution in [0.15, 0.2) is 11.7 Å². The molecule has 0 aromatic carbocycles. The first kappa shape index (κ1) is 13.5. The van der Waals surface area contributed by atoms with Crippen LogP contribution >= 0.6 is 11.3 Å². The van der Waals surface area contributed by atoms with Crippen molar-refractivity contribution < 1.29 is 4.79 Å². The second kappa shape index (κ2) is 6.29. The maximum Gasteiger partial charge on any atom is 0.265 e. The number of rotatable bonds is 4. The molecule has 1 atom stereocenters. The van der Waals surface area contributed by atoms with E-state index in [2.05, 4.69) is 24.0 Å². The number of hydrogen-bond acceptors (Lipinski definition) is 4. The van der Waals surface area contributed by atoms with Gasteiger partial charge >= 0.3 is 0 Å². The van der Waals surface area contributed by atoms with E-state index in [4.69, 9.17) is 0 Å². The number of aromatic nitrogens is 1. The average molecular weight is 267 g/mol. The molecule has 0 aliphatic carbocycles. The molecule has 0 radical (unpaired) electrons. The first-order valence-electron chi connectivity index (χ1n) is 6.49. The Balaban J connectivity index is 1.88. The fourth-order valence-electron chi connectivity index (χ4n) is 2.40. The number of nitrogens with zero attached hydrogens (tertiary/aromatic N) is 3. The quantitative estimate of drug-likeness (QED) is 0.836. The van der Waals surface area contributed by atoms with Crippen molar-refractivity contribution in [1.29, 1.82) is 0 Å². The third kappa shape index (κ3) is 3.53. The van der Waals surface area contributed by atoms with Gasteiger partial charge in [-0.25, -0.2) is 0 Å². The maximum absolute atomic E-state index is 12.2. The number of likely N-dealkylation sites (tertiary alicyclic amines) is 1. The summed E-state index contributed by atoms with van der Waals surface area (Å²) in [4.78, 5) is 21.2. The van der Waals surface area contributed by atoms with Crippen molar-refractivity contribution in [2.75, 3.05) is 33.7 Å². The van der Waals surface area contributed by atoms with Gasteiger partial charge in [-0.3, -0.25) is 9.78 Å². The normalized spacial score (nSPS) is 20.4. The van der Waals surface area contributed by atoms with Gasteiger partial charge in [0.15, 0.2) is 0 Å². The Hall–Kier alpha value is -0.940. The largest absolute Gasteiger partial charge is 0.338 e. The second-order valence-corrected chi connectivity index (χ2v) is 6.10. The monoisotopic (exact) mass is 267 g/mol. The molecule has 1 saturated heterocycles. The Bertz CT molecular complexity index is 378. The lowest BCUT2D eigenvalue weighted by Gasteiger charge is -2.33. The molecule has 1 aliphatic rings. The highest BCUT2D eigenvalue weighted by Crippen LogP contribution is 2.22. The molecule has 18 heavy (non-hydrogen) atoms. The summed E-state index contributed by atoms with van der Waals surface area (Å²) >= 11 is 1.43. The van der Waals surface area contributed by atoms with Crippen molar-refractivity contribution in [3.8, 4) is 0 Å². The predicted octanol–water partition coefficient (Wildman–Crippen LogP) is 1.95. The Labute approximate surface area is 113 Å². The molecular weight excluding hydrogens is 246 g/mol. The van der Waals surface area contributed by atoms with Crippen LogP contribution in [-0.2, 0) is 0 Å². The zero-order chi connectivity index (χ0) is 13.0.